The molecule has 1 aliphatic rings. The molecule has 1 amide bonds. The first-order valence-corrected chi connectivity index (χ1v) is 5.41. The summed E-state index contributed by atoms with van der Waals surface area (Å²) >= 11 is 0. The highest BCUT2D eigenvalue weighted by molar-refractivity contribution is 5.86. The van der Waals surface area contributed by atoms with Crippen LogP contribution in [-0.2, 0) is 14.3 Å². The maximum absolute atomic E-state index is 11.4. The van der Waals surface area contributed by atoms with Crippen molar-refractivity contribution in [3.63, 3.8) is 0 Å². The molecule has 1 atom stereocenters. The van der Waals surface area contributed by atoms with Gasteiger partial charge in [-0.2, -0.15) is 0 Å². The second-order valence-electron chi connectivity index (χ2n) is 4.10. The average Bonchev–Trinajstić information content (AvgIpc) is 2.26. The summed E-state index contributed by atoms with van der Waals surface area (Å²) in [5.74, 6) is 0.190. The molecular formula is C11H17NO4. The van der Waals surface area contributed by atoms with Gasteiger partial charge in [0.2, 0.25) is 0 Å². The Morgan fingerprint density at radius 3 is 2.38 bits per heavy atom. The number of Topliss-reactive ketones (excluding diaryl/α,β-unsaturated/α-hetero) is 2. The monoisotopic (exact) mass is 227 g/mol. The van der Waals surface area contributed by atoms with E-state index in [1.54, 1.807) is 0 Å². The third kappa shape index (κ3) is 3.32. The van der Waals surface area contributed by atoms with E-state index in [1.807, 2.05) is 0 Å². The quantitative estimate of drug-likeness (QED) is 0.782. The molecule has 1 fully saturated rings. The maximum Gasteiger partial charge on any atom is 0.407 e. The molecule has 0 aliphatic heterocycles. The van der Waals surface area contributed by atoms with Gasteiger partial charge in [-0.05, 0) is 25.7 Å². The summed E-state index contributed by atoms with van der Waals surface area (Å²) in [4.78, 5) is 33.6. The van der Waals surface area contributed by atoms with E-state index in [0.717, 1.165) is 0 Å². The van der Waals surface area contributed by atoms with Crippen LogP contribution in [0.15, 0.2) is 0 Å². The van der Waals surface area contributed by atoms with Gasteiger partial charge in [0.25, 0.3) is 0 Å². The molecule has 1 saturated carbocycles. The van der Waals surface area contributed by atoms with Gasteiger partial charge in [0.15, 0.2) is 5.78 Å². The van der Waals surface area contributed by atoms with Crippen LogP contribution in [0.1, 0.15) is 32.6 Å². The molecule has 0 radical (unpaired) electrons. The topological polar surface area (TPSA) is 72.5 Å². The van der Waals surface area contributed by atoms with Gasteiger partial charge in [-0.1, -0.05) is 0 Å². The number of carbonyl (C=O) groups excluding carboxylic acids is 3. The summed E-state index contributed by atoms with van der Waals surface area (Å²) in [5, 5.41) is 2.53. The van der Waals surface area contributed by atoms with Crippen molar-refractivity contribution in [3.05, 3.63) is 0 Å². The second-order valence-corrected chi connectivity index (χ2v) is 4.10. The first-order valence-electron chi connectivity index (χ1n) is 5.41. The van der Waals surface area contributed by atoms with Crippen LogP contribution < -0.4 is 5.32 Å². The zero-order valence-corrected chi connectivity index (χ0v) is 9.62. The lowest BCUT2D eigenvalue weighted by molar-refractivity contribution is -0.124. The smallest absolute Gasteiger partial charge is 0.407 e. The fraction of sp³-hybridized carbons (Fsp3) is 0.727. The van der Waals surface area contributed by atoms with Crippen molar-refractivity contribution < 1.29 is 19.1 Å². The Kier molecular flexibility index (Phi) is 4.46. The Labute approximate surface area is 94.5 Å². The first kappa shape index (κ1) is 12.7. The second kappa shape index (κ2) is 5.63. The van der Waals surface area contributed by atoms with E-state index in [9.17, 15) is 14.4 Å². The molecule has 0 heterocycles. The number of rotatable bonds is 3. The molecule has 1 rings (SSSR count). The summed E-state index contributed by atoms with van der Waals surface area (Å²) in [6.45, 7) is 1.44. The molecule has 0 aromatic carbocycles. The van der Waals surface area contributed by atoms with Gasteiger partial charge < -0.3 is 10.1 Å². The zero-order chi connectivity index (χ0) is 12.1. The largest absolute Gasteiger partial charge is 0.453 e. The van der Waals surface area contributed by atoms with Crippen molar-refractivity contribution in [1.82, 2.24) is 5.32 Å². The van der Waals surface area contributed by atoms with E-state index >= 15 is 0 Å². The molecule has 1 unspecified atom stereocenters. The summed E-state index contributed by atoms with van der Waals surface area (Å²) in [5.41, 5.74) is 0. The molecule has 16 heavy (non-hydrogen) atoms. The highest BCUT2D eigenvalue weighted by Crippen LogP contribution is 2.25. The van der Waals surface area contributed by atoms with E-state index < -0.39 is 12.1 Å². The van der Waals surface area contributed by atoms with Crippen LogP contribution in [0.2, 0.25) is 0 Å². The van der Waals surface area contributed by atoms with Crippen molar-refractivity contribution in [3.8, 4) is 0 Å². The molecule has 0 aromatic heterocycles. The summed E-state index contributed by atoms with van der Waals surface area (Å²) < 4.78 is 4.47. The van der Waals surface area contributed by atoms with Gasteiger partial charge in [0.1, 0.15) is 5.78 Å². The predicted molar refractivity (Wildman–Crippen MR) is 57.0 cm³/mol. The van der Waals surface area contributed by atoms with Crippen LogP contribution >= 0.6 is 0 Å². The Bertz CT molecular complexity index is 290. The number of methoxy groups -OCH3 is 1. The van der Waals surface area contributed by atoms with Gasteiger partial charge in [-0.25, -0.2) is 4.79 Å². The molecule has 1 aliphatic carbocycles. The van der Waals surface area contributed by atoms with Crippen LogP contribution in [-0.4, -0.2) is 30.8 Å². The molecular weight excluding hydrogens is 210 g/mol. The lowest BCUT2D eigenvalue weighted by Gasteiger charge is -2.28. The normalized spacial score (nSPS) is 19.0. The number of amides is 1. The van der Waals surface area contributed by atoms with E-state index in [2.05, 4.69) is 10.1 Å². The lowest BCUT2D eigenvalue weighted by atomic mass is 9.82. The van der Waals surface area contributed by atoms with E-state index in [-0.39, 0.29) is 17.5 Å². The molecule has 0 spiro atoms. The third-order valence-electron chi connectivity index (χ3n) is 2.96. The number of carbonyl (C=O) groups is 3. The van der Waals surface area contributed by atoms with Crippen molar-refractivity contribution in [2.75, 3.05) is 7.11 Å². The highest BCUT2D eigenvalue weighted by atomic mass is 16.5. The molecule has 0 saturated heterocycles. The Morgan fingerprint density at radius 2 is 1.94 bits per heavy atom. The Morgan fingerprint density at radius 1 is 1.38 bits per heavy atom. The summed E-state index contributed by atoms with van der Waals surface area (Å²) in [6, 6.07) is -0.527. The minimum Gasteiger partial charge on any atom is -0.453 e. The fourth-order valence-electron chi connectivity index (χ4n) is 2.03. The molecule has 1 N–H and O–H groups in total. The van der Waals surface area contributed by atoms with Crippen LogP contribution in [0.5, 0.6) is 0 Å². The number of alkyl carbamates (subject to hydrolysis) is 1. The third-order valence-corrected chi connectivity index (χ3v) is 2.96. The molecule has 5 nitrogen and oxygen atoms in total. The van der Waals surface area contributed by atoms with Gasteiger partial charge in [-0.15, -0.1) is 0 Å². The van der Waals surface area contributed by atoms with Gasteiger partial charge in [0.05, 0.1) is 13.2 Å². The minimum absolute atomic E-state index is 0.0503. The zero-order valence-electron chi connectivity index (χ0n) is 9.62. The fourth-order valence-corrected chi connectivity index (χ4v) is 2.03. The highest BCUT2D eigenvalue weighted by Gasteiger charge is 2.30. The summed E-state index contributed by atoms with van der Waals surface area (Å²) in [6.07, 6.45) is 1.71. The standard InChI is InChI=1S/C11H17NO4/c1-7(13)10(12-11(15)16-2)8-3-5-9(14)6-4-8/h8,10H,3-6H2,1-2H3,(H,12,15). The van der Waals surface area contributed by atoms with Crippen molar-refractivity contribution in [2.45, 2.75) is 38.6 Å². The van der Waals surface area contributed by atoms with Gasteiger partial charge >= 0.3 is 6.09 Å². The van der Waals surface area contributed by atoms with Gasteiger partial charge in [-0.3, -0.25) is 9.59 Å². The molecule has 0 aromatic rings. The first-order chi connectivity index (χ1) is 7.54. The SMILES string of the molecule is COC(=O)NC(C(C)=O)C1CCC(=O)CC1. The van der Waals surface area contributed by atoms with E-state index in [1.165, 1.54) is 14.0 Å². The number of ether oxygens (including phenoxy) is 1. The van der Waals surface area contributed by atoms with Crippen LogP contribution in [0.4, 0.5) is 4.79 Å². The van der Waals surface area contributed by atoms with Crippen molar-refractivity contribution in [1.29, 1.82) is 0 Å². The molecule has 5 heteroatoms. The number of hydrogen-bond acceptors (Lipinski definition) is 4. The van der Waals surface area contributed by atoms with Crippen LogP contribution in [0, 0.1) is 5.92 Å². The lowest BCUT2D eigenvalue weighted by Crippen LogP contribution is -2.46. The van der Waals surface area contributed by atoms with Crippen LogP contribution in [0.25, 0.3) is 0 Å². The predicted octanol–water partition coefficient (Wildman–Crippen LogP) is 1.06. The van der Waals surface area contributed by atoms with E-state index in [4.69, 9.17) is 0 Å². The average molecular weight is 227 g/mol. The number of ketones is 2. The Hall–Kier alpha value is -1.39. The Balaban J connectivity index is 2.59. The number of nitrogens with one attached hydrogen (secondary N) is 1. The van der Waals surface area contributed by atoms with Crippen molar-refractivity contribution >= 4 is 17.7 Å². The van der Waals surface area contributed by atoms with Crippen molar-refractivity contribution in [2.24, 2.45) is 5.92 Å². The molecule has 0 bridgehead atoms. The maximum atomic E-state index is 11.4. The van der Waals surface area contributed by atoms with Gasteiger partial charge in [0, 0.05) is 12.8 Å². The van der Waals surface area contributed by atoms with Crippen LogP contribution in [0.3, 0.4) is 0 Å². The van der Waals surface area contributed by atoms with E-state index in [0.29, 0.717) is 25.7 Å². The summed E-state index contributed by atoms with van der Waals surface area (Å²) in [7, 11) is 1.26. The molecule has 90 valence electrons. The number of hydrogen-bond donors (Lipinski definition) is 1. The minimum atomic E-state index is -0.600.